The molecule has 0 aliphatic carbocycles. The number of benzene rings is 1. The smallest absolute Gasteiger partial charge is 0.297 e. The molecule has 0 spiro atoms. The van der Waals surface area contributed by atoms with Crippen molar-refractivity contribution in [3.8, 4) is 6.07 Å². The average Bonchev–Trinajstić information content (AvgIpc) is 3.30. The van der Waals surface area contributed by atoms with E-state index in [0.29, 0.717) is 26.3 Å². The highest BCUT2D eigenvalue weighted by Gasteiger charge is 2.23. The van der Waals surface area contributed by atoms with Gasteiger partial charge in [0, 0.05) is 5.41 Å². The second-order valence-corrected chi connectivity index (χ2v) is 9.67. The molecule has 0 aliphatic heterocycles. The van der Waals surface area contributed by atoms with Gasteiger partial charge in [0.05, 0.1) is 16.8 Å². The lowest BCUT2D eigenvalue weighted by Gasteiger charge is -2.14. The third-order valence-corrected chi connectivity index (χ3v) is 6.28. The molecule has 30 heavy (non-hydrogen) atoms. The third-order valence-electron chi connectivity index (χ3n) is 4.24. The third kappa shape index (κ3) is 3.67. The first kappa shape index (κ1) is 20.1. The summed E-state index contributed by atoms with van der Waals surface area (Å²) in [6.45, 7) is 5.66. The first-order valence-corrected chi connectivity index (χ1v) is 10.8. The van der Waals surface area contributed by atoms with Crippen LogP contribution in [0.25, 0.3) is 21.6 Å². The van der Waals surface area contributed by atoms with Crippen LogP contribution in [0.5, 0.6) is 0 Å². The number of nitrogens with zero attached hydrogens (tertiary/aromatic N) is 6. The number of hydrogen-bond donors (Lipinski definition) is 2. The van der Waals surface area contributed by atoms with E-state index in [1.165, 1.54) is 27.6 Å². The number of H-pyrrole nitrogens is 1. The van der Waals surface area contributed by atoms with E-state index in [1.807, 2.05) is 51.1 Å². The summed E-state index contributed by atoms with van der Waals surface area (Å²) < 4.78 is 1.76. The summed E-state index contributed by atoms with van der Waals surface area (Å²) in [5.74, 6) is 0.265. The Balaban J connectivity index is 1.61. The Hall–Kier alpha value is -3.23. The summed E-state index contributed by atoms with van der Waals surface area (Å²) >= 11 is 2.39. The number of aromatic amines is 1. The molecule has 0 amide bonds. The number of aliphatic hydroxyl groups is 1. The fourth-order valence-electron chi connectivity index (χ4n) is 2.75. The molecule has 2 N–H and O–H groups in total. The number of imidazole rings is 1. The van der Waals surface area contributed by atoms with Crippen LogP contribution < -0.4 is 5.56 Å². The standard InChI is InChI=1S/C19H17N7O2S2/c1-19(2,3)14-16(28)26-17(24-23-14)30-18(25-26)29-9-13(27)10(8-20)15-21-11-6-4-5-7-12(11)22-15/h4-7,27H,9H2,1-3H3,(H,21,22)/b13-10-. The van der Waals surface area contributed by atoms with Gasteiger partial charge in [0.2, 0.25) is 4.96 Å². The number of thioether (sulfide) groups is 1. The summed E-state index contributed by atoms with van der Waals surface area (Å²) in [6.07, 6.45) is 0. The van der Waals surface area contributed by atoms with Crippen LogP contribution in [-0.4, -0.2) is 40.6 Å². The van der Waals surface area contributed by atoms with Gasteiger partial charge in [-0.15, -0.1) is 15.3 Å². The Labute approximate surface area is 179 Å². The fraction of sp³-hybridized carbons (Fsp3) is 0.263. The summed E-state index contributed by atoms with van der Waals surface area (Å²) in [6, 6.07) is 9.38. The van der Waals surface area contributed by atoms with E-state index >= 15 is 0 Å². The molecular formula is C19H17N7O2S2. The first-order chi connectivity index (χ1) is 14.3. The predicted molar refractivity (Wildman–Crippen MR) is 116 cm³/mol. The van der Waals surface area contributed by atoms with Gasteiger partial charge in [-0.2, -0.15) is 9.78 Å². The Bertz CT molecular complexity index is 1350. The van der Waals surface area contributed by atoms with Gasteiger partial charge in [-0.05, 0) is 12.1 Å². The lowest BCUT2D eigenvalue weighted by molar-refractivity contribution is 0.420. The Morgan fingerprint density at radius 1 is 1.33 bits per heavy atom. The van der Waals surface area contributed by atoms with Crippen LogP contribution in [0.15, 0.2) is 39.2 Å². The van der Waals surface area contributed by atoms with Gasteiger partial charge in [0.15, 0.2) is 10.2 Å². The summed E-state index contributed by atoms with van der Waals surface area (Å²) in [5, 5.41) is 32.4. The Kier molecular flexibility index (Phi) is 5.05. The van der Waals surface area contributed by atoms with E-state index in [-0.39, 0.29) is 22.6 Å². The molecular weight excluding hydrogens is 422 g/mol. The minimum absolute atomic E-state index is 0.0618. The molecule has 0 bridgehead atoms. The van der Waals surface area contributed by atoms with E-state index in [2.05, 4.69) is 25.3 Å². The lowest BCUT2D eigenvalue weighted by atomic mass is 9.93. The summed E-state index contributed by atoms with van der Waals surface area (Å²) in [4.78, 5) is 20.4. The molecule has 0 atom stereocenters. The maximum Gasteiger partial charge on any atom is 0.297 e. The number of hydrogen-bond acceptors (Lipinski definition) is 9. The van der Waals surface area contributed by atoms with Crippen LogP contribution in [0.1, 0.15) is 32.3 Å². The normalized spacial score (nSPS) is 12.9. The second-order valence-electron chi connectivity index (χ2n) is 7.49. The molecule has 9 nitrogen and oxygen atoms in total. The van der Waals surface area contributed by atoms with Crippen molar-refractivity contribution < 1.29 is 5.11 Å². The maximum atomic E-state index is 12.6. The van der Waals surface area contributed by atoms with Crippen molar-refractivity contribution in [2.45, 2.75) is 30.5 Å². The zero-order chi connectivity index (χ0) is 21.5. The molecule has 4 aromatic rings. The molecule has 0 saturated heterocycles. The van der Waals surface area contributed by atoms with Gasteiger partial charge in [-0.1, -0.05) is 56.0 Å². The number of allylic oxidation sites excluding steroid dienone is 1. The van der Waals surface area contributed by atoms with Crippen LogP contribution in [-0.2, 0) is 5.41 Å². The molecule has 0 saturated carbocycles. The minimum Gasteiger partial charge on any atom is -0.510 e. The average molecular weight is 440 g/mol. The molecule has 1 aromatic carbocycles. The number of fused-ring (bicyclic) bond motifs is 2. The second kappa shape index (κ2) is 7.55. The highest BCUT2D eigenvalue weighted by Crippen LogP contribution is 2.27. The molecule has 11 heteroatoms. The Morgan fingerprint density at radius 3 is 2.80 bits per heavy atom. The predicted octanol–water partition coefficient (Wildman–Crippen LogP) is 3.30. The van der Waals surface area contributed by atoms with Crippen LogP contribution in [0.3, 0.4) is 0 Å². The molecule has 0 unspecified atom stereocenters. The molecule has 0 aliphatic rings. The number of aliphatic hydroxyl groups excluding tert-OH is 1. The van der Waals surface area contributed by atoms with Gasteiger partial charge in [0.25, 0.3) is 5.56 Å². The molecule has 0 fully saturated rings. The highest BCUT2D eigenvalue weighted by atomic mass is 32.2. The van der Waals surface area contributed by atoms with Crippen LogP contribution in [0, 0.1) is 11.3 Å². The minimum atomic E-state index is -0.447. The van der Waals surface area contributed by atoms with Gasteiger partial charge in [0.1, 0.15) is 23.1 Å². The molecule has 3 aromatic heterocycles. The SMILES string of the molecule is CC(C)(C)c1nnc2sc(SC/C(O)=C(\C#N)c3nc4ccccc4[nH]3)nn2c1=O. The van der Waals surface area contributed by atoms with E-state index in [4.69, 9.17) is 0 Å². The van der Waals surface area contributed by atoms with Crippen LogP contribution in [0.4, 0.5) is 0 Å². The van der Waals surface area contributed by atoms with E-state index in [0.717, 1.165) is 5.52 Å². The van der Waals surface area contributed by atoms with Gasteiger partial charge >= 0.3 is 0 Å². The number of nitriles is 1. The zero-order valence-electron chi connectivity index (χ0n) is 16.4. The maximum absolute atomic E-state index is 12.6. The molecule has 3 heterocycles. The first-order valence-electron chi connectivity index (χ1n) is 8.95. The van der Waals surface area contributed by atoms with Gasteiger partial charge in [-0.25, -0.2) is 4.98 Å². The van der Waals surface area contributed by atoms with E-state index in [1.54, 1.807) is 0 Å². The number of rotatable bonds is 4. The summed E-state index contributed by atoms with van der Waals surface area (Å²) in [5.41, 5.74) is 1.12. The topological polar surface area (TPSA) is 133 Å². The van der Waals surface area contributed by atoms with Crippen molar-refractivity contribution in [2.75, 3.05) is 5.75 Å². The number of para-hydroxylation sites is 2. The van der Waals surface area contributed by atoms with Crippen molar-refractivity contribution >= 4 is 44.7 Å². The number of aromatic nitrogens is 6. The Morgan fingerprint density at radius 2 is 2.10 bits per heavy atom. The van der Waals surface area contributed by atoms with Crippen molar-refractivity contribution in [3.63, 3.8) is 0 Å². The van der Waals surface area contributed by atoms with Gasteiger partial charge < -0.3 is 10.1 Å². The largest absolute Gasteiger partial charge is 0.510 e. The highest BCUT2D eigenvalue weighted by molar-refractivity contribution is 8.01. The molecule has 4 rings (SSSR count). The van der Waals surface area contributed by atoms with Crippen LogP contribution >= 0.6 is 23.1 Å². The fourth-order valence-corrected chi connectivity index (χ4v) is 4.50. The van der Waals surface area contributed by atoms with Gasteiger partial charge in [-0.3, -0.25) is 4.79 Å². The van der Waals surface area contributed by atoms with Crippen molar-refractivity contribution in [1.29, 1.82) is 5.26 Å². The monoisotopic (exact) mass is 439 g/mol. The molecule has 152 valence electrons. The van der Waals surface area contributed by atoms with Crippen molar-refractivity contribution in [2.24, 2.45) is 0 Å². The summed E-state index contributed by atoms with van der Waals surface area (Å²) in [7, 11) is 0. The van der Waals surface area contributed by atoms with E-state index < -0.39 is 5.41 Å². The lowest BCUT2D eigenvalue weighted by Crippen LogP contribution is -2.30. The zero-order valence-corrected chi connectivity index (χ0v) is 18.0. The molecule has 0 radical (unpaired) electrons. The van der Waals surface area contributed by atoms with Crippen molar-refractivity contribution in [1.82, 2.24) is 29.8 Å². The van der Waals surface area contributed by atoms with Crippen LogP contribution in [0.2, 0.25) is 0 Å². The van der Waals surface area contributed by atoms with E-state index in [9.17, 15) is 15.2 Å². The number of nitrogens with one attached hydrogen (secondary N) is 1. The quantitative estimate of drug-likeness (QED) is 0.281. The van der Waals surface area contributed by atoms with Crippen molar-refractivity contribution in [3.05, 3.63) is 51.9 Å².